The molecule has 7 heteroatoms. The van der Waals surface area contributed by atoms with Gasteiger partial charge in [0.05, 0.1) is 5.75 Å². The van der Waals surface area contributed by atoms with Gasteiger partial charge in [-0.25, -0.2) is 0 Å². The third kappa shape index (κ3) is 5.20. The molecule has 1 unspecified atom stereocenters. The van der Waals surface area contributed by atoms with Gasteiger partial charge in [0.25, 0.3) is 0 Å². The zero-order chi connectivity index (χ0) is 17.0. The molecule has 0 bridgehead atoms. The fraction of sp³-hybridized carbons (Fsp3) is 0.562. The van der Waals surface area contributed by atoms with Gasteiger partial charge in [-0.05, 0) is 31.5 Å². The Morgan fingerprint density at radius 2 is 2.13 bits per heavy atom. The maximum Gasteiger partial charge on any atom is 0.302 e. The highest BCUT2D eigenvalue weighted by atomic mass is 32.3. The Bertz CT molecular complexity index is 663. The van der Waals surface area contributed by atoms with Crippen molar-refractivity contribution < 1.29 is 17.1 Å². The molecule has 1 heterocycles. The second kappa shape index (κ2) is 7.29. The molecule has 1 atom stereocenters. The average Bonchev–Trinajstić information content (AvgIpc) is 2.77. The van der Waals surface area contributed by atoms with Crippen LogP contribution in [-0.2, 0) is 15.0 Å². The van der Waals surface area contributed by atoms with Gasteiger partial charge in [-0.3, -0.25) is 4.79 Å². The number of amides is 1. The lowest BCUT2D eigenvalue weighted by molar-refractivity contribution is -0.127. The number of benzene rings is 1. The first-order valence-corrected chi connectivity index (χ1v) is 9.35. The molecule has 0 spiro atoms. The van der Waals surface area contributed by atoms with Crippen LogP contribution in [0.5, 0.6) is 0 Å². The summed E-state index contributed by atoms with van der Waals surface area (Å²) in [5.41, 5.74) is 2.27. The lowest BCUT2D eigenvalue weighted by atomic mass is 10.1. The number of nitrogens with zero attached hydrogens (tertiary/aromatic N) is 2. The van der Waals surface area contributed by atoms with E-state index in [1.54, 1.807) is 4.90 Å². The van der Waals surface area contributed by atoms with Crippen molar-refractivity contribution in [3.8, 4) is 0 Å². The number of hydrogen-bond acceptors (Lipinski definition) is 4. The fourth-order valence-corrected chi connectivity index (χ4v) is 3.79. The van der Waals surface area contributed by atoms with Crippen molar-refractivity contribution in [2.75, 3.05) is 36.8 Å². The zero-order valence-corrected chi connectivity index (χ0v) is 14.4. The molecule has 0 aromatic heterocycles. The third-order valence-electron chi connectivity index (χ3n) is 4.12. The largest absolute Gasteiger partial charge is 0.370 e. The summed E-state index contributed by atoms with van der Waals surface area (Å²) in [4.78, 5) is 15.8. The van der Waals surface area contributed by atoms with Crippen molar-refractivity contribution in [1.29, 1.82) is 0 Å². The minimum atomic E-state index is -4.53. The fourth-order valence-electron chi connectivity index (χ4n) is 3.00. The molecule has 1 aliphatic rings. The Labute approximate surface area is 137 Å². The van der Waals surface area contributed by atoms with Gasteiger partial charge in [-0.1, -0.05) is 12.1 Å². The minimum absolute atomic E-state index is 0.0982. The van der Waals surface area contributed by atoms with Gasteiger partial charge in [0.1, 0.15) is 0 Å². The van der Waals surface area contributed by atoms with Crippen LogP contribution in [0.15, 0.2) is 24.3 Å². The highest BCUT2D eigenvalue weighted by Gasteiger charge is 2.32. The molecular weight excluding hydrogens is 319 g/mol. The number of halogens is 1. The van der Waals surface area contributed by atoms with Gasteiger partial charge in [0, 0.05) is 44.2 Å². The lowest BCUT2D eigenvalue weighted by Crippen LogP contribution is -2.36. The summed E-state index contributed by atoms with van der Waals surface area (Å²) in [6, 6.07) is 8.15. The van der Waals surface area contributed by atoms with Crippen LogP contribution in [0.3, 0.4) is 0 Å². The molecule has 1 fully saturated rings. The van der Waals surface area contributed by atoms with E-state index in [1.807, 2.05) is 32.0 Å². The van der Waals surface area contributed by atoms with Crippen molar-refractivity contribution in [3.63, 3.8) is 0 Å². The number of likely N-dealkylation sites (N-methyl/N-ethyl adjacent to an activating group) is 1. The first-order valence-electron chi connectivity index (χ1n) is 7.80. The smallest absolute Gasteiger partial charge is 0.302 e. The minimum Gasteiger partial charge on any atom is -0.370 e. The van der Waals surface area contributed by atoms with Gasteiger partial charge in [0.2, 0.25) is 5.91 Å². The van der Waals surface area contributed by atoms with Gasteiger partial charge in [-0.2, -0.15) is 8.42 Å². The number of aryl methyl sites for hydroxylation is 1. The van der Waals surface area contributed by atoms with Gasteiger partial charge in [-0.15, -0.1) is 3.89 Å². The molecule has 0 radical (unpaired) electrons. The summed E-state index contributed by atoms with van der Waals surface area (Å²) >= 11 is 0. The molecule has 1 aromatic rings. The van der Waals surface area contributed by atoms with E-state index in [9.17, 15) is 17.1 Å². The van der Waals surface area contributed by atoms with Crippen molar-refractivity contribution in [1.82, 2.24) is 4.90 Å². The zero-order valence-electron chi connectivity index (χ0n) is 13.5. The number of carbonyl (C=O) groups excluding carboxylic acids is 1. The number of carbonyl (C=O) groups is 1. The Morgan fingerprint density at radius 1 is 1.39 bits per heavy atom. The maximum atomic E-state index is 12.8. The summed E-state index contributed by atoms with van der Waals surface area (Å²) in [5.74, 6) is -1.10. The Hall–Kier alpha value is -1.63. The van der Waals surface area contributed by atoms with Crippen LogP contribution in [0.1, 0.15) is 18.9 Å². The van der Waals surface area contributed by atoms with Crippen molar-refractivity contribution in [3.05, 3.63) is 29.8 Å². The van der Waals surface area contributed by atoms with Crippen LogP contribution in [0, 0.1) is 12.8 Å². The van der Waals surface area contributed by atoms with E-state index in [1.165, 1.54) is 5.56 Å². The highest BCUT2D eigenvalue weighted by Crippen LogP contribution is 2.21. The molecule has 0 aliphatic carbocycles. The van der Waals surface area contributed by atoms with Crippen LogP contribution in [0.4, 0.5) is 9.57 Å². The quantitative estimate of drug-likeness (QED) is 0.711. The predicted molar refractivity (Wildman–Crippen MR) is 88.6 cm³/mol. The lowest BCUT2D eigenvalue weighted by Gasteiger charge is -2.26. The SMILES string of the molecule is CCN(CCN1CC(CS(=O)(=O)F)CC1=O)c1cccc(C)c1. The van der Waals surface area contributed by atoms with Gasteiger partial charge >= 0.3 is 10.2 Å². The molecule has 128 valence electrons. The number of anilines is 1. The van der Waals surface area contributed by atoms with E-state index in [0.717, 1.165) is 12.2 Å². The summed E-state index contributed by atoms with van der Waals surface area (Å²) < 4.78 is 34.2. The monoisotopic (exact) mass is 342 g/mol. The Balaban J connectivity index is 1.93. The molecule has 23 heavy (non-hydrogen) atoms. The molecule has 0 N–H and O–H groups in total. The first-order chi connectivity index (χ1) is 10.8. The second-order valence-corrected chi connectivity index (χ2v) is 7.45. The summed E-state index contributed by atoms with van der Waals surface area (Å²) in [6.45, 7) is 6.39. The van der Waals surface area contributed by atoms with Crippen molar-refractivity contribution in [2.24, 2.45) is 5.92 Å². The van der Waals surface area contributed by atoms with Crippen LogP contribution >= 0.6 is 0 Å². The van der Waals surface area contributed by atoms with E-state index >= 15 is 0 Å². The Morgan fingerprint density at radius 3 is 2.74 bits per heavy atom. The number of likely N-dealkylation sites (tertiary alicyclic amines) is 1. The maximum absolute atomic E-state index is 12.8. The van der Waals surface area contributed by atoms with E-state index < -0.39 is 21.9 Å². The summed E-state index contributed by atoms with van der Waals surface area (Å²) in [6.07, 6.45) is 0.111. The number of hydrogen-bond donors (Lipinski definition) is 0. The van der Waals surface area contributed by atoms with Crippen molar-refractivity contribution in [2.45, 2.75) is 20.3 Å². The normalized spacial score (nSPS) is 18.5. The average molecular weight is 342 g/mol. The molecule has 5 nitrogen and oxygen atoms in total. The van der Waals surface area contributed by atoms with E-state index in [2.05, 4.69) is 11.0 Å². The second-order valence-electron chi connectivity index (χ2n) is 6.03. The van der Waals surface area contributed by atoms with Gasteiger partial charge < -0.3 is 9.80 Å². The highest BCUT2D eigenvalue weighted by molar-refractivity contribution is 7.86. The Kier molecular flexibility index (Phi) is 5.62. The van der Waals surface area contributed by atoms with Gasteiger partial charge in [0.15, 0.2) is 0 Å². The summed E-state index contributed by atoms with van der Waals surface area (Å²) in [7, 11) is -4.53. The van der Waals surface area contributed by atoms with Crippen molar-refractivity contribution >= 4 is 21.8 Å². The van der Waals surface area contributed by atoms with Crippen LogP contribution in [0.2, 0.25) is 0 Å². The molecule has 0 saturated carbocycles. The third-order valence-corrected chi connectivity index (χ3v) is 4.99. The first kappa shape index (κ1) is 17.7. The molecule has 1 amide bonds. The molecule has 1 aromatic carbocycles. The van der Waals surface area contributed by atoms with Crippen LogP contribution in [-0.4, -0.2) is 51.2 Å². The topological polar surface area (TPSA) is 57.7 Å². The van der Waals surface area contributed by atoms with E-state index in [4.69, 9.17) is 0 Å². The molecule has 2 rings (SSSR count). The molecular formula is C16H23FN2O3S. The van der Waals surface area contributed by atoms with E-state index in [-0.39, 0.29) is 12.3 Å². The molecule has 1 saturated heterocycles. The molecule has 1 aliphatic heterocycles. The van der Waals surface area contributed by atoms with E-state index in [0.29, 0.717) is 19.6 Å². The van der Waals surface area contributed by atoms with Crippen LogP contribution in [0.25, 0.3) is 0 Å². The standard InChI is InChI=1S/C16H23FN2O3S/c1-3-18(15-6-4-5-13(2)9-15)7-8-19-11-14(10-16(19)20)12-23(17,21)22/h4-6,9,14H,3,7-8,10-12H2,1-2H3. The van der Waals surface area contributed by atoms with Crippen LogP contribution < -0.4 is 4.90 Å². The number of rotatable bonds is 7. The predicted octanol–water partition coefficient (Wildman–Crippen LogP) is 1.97. The summed E-state index contributed by atoms with van der Waals surface area (Å²) in [5, 5.41) is 0.